The monoisotopic (exact) mass is 433 g/mol. The van der Waals surface area contributed by atoms with E-state index in [2.05, 4.69) is 18.3 Å². The van der Waals surface area contributed by atoms with Gasteiger partial charge in [-0.05, 0) is 38.0 Å². The summed E-state index contributed by atoms with van der Waals surface area (Å²) in [5.74, 6) is 0.113. The van der Waals surface area contributed by atoms with Crippen LogP contribution in [0.3, 0.4) is 0 Å². The van der Waals surface area contributed by atoms with Gasteiger partial charge in [-0.1, -0.05) is 32.6 Å². The molecule has 0 aliphatic heterocycles. The van der Waals surface area contributed by atoms with E-state index in [9.17, 15) is 5.11 Å². The van der Waals surface area contributed by atoms with E-state index >= 15 is 0 Å². The van der Waals surface area contributed by atoms with E-state index in [1.165, 1.54) is 19.3 Å². The summed E-state index contributed by atoms with van der Waals surface area (Å²) in [7, 11) is 0. The first-order valence-corrected chi connectivity index (χ1v) is 5.90. The molecule has 1 atom stereocenters. The van der Waals surface area contributed by atoms with Gasteiger partial charge < -0.3 is 10.1 Å². The molecule has 0 unspecified atom stereocenters. The number of aliphatic imine (C=N–C) groups is 1. The number of rotatable bonds is 5. The molecule has 16 heavy (non-hydrogen) atoms. The summed E-state index contributed by atoms with van der Waals surface area (Å²) >= 11 is 0. The smallest absolute Gasteiger partial charge is 0.862 e. The van der Waals surface area contributed by atoms with Gasteiger partial charge in [-0.25, -0.2) is 0 Å². The van der Waals surface area contributed by atoms with Gasteiger partial charge in [0, 0.05) is 0 Å². The molecule has 0 heterocycles. The van der Waals surface area contributed by atoms with E-state index < -0.39 is 0 Å². The quantitative estimate of drug-likeness (QED) is 0.285. The number of halogens is 1. The van der Waals surface area contributed by atoms with Crippen LogP contribution in [0.25, 0.3) is 0 Å². The Morgan fingerprint density at radius 2 is 2.12 bits per heavy atom. The second-order valence-corrected chi connectivity index (χ2v) is 4.07. The number of unbranched alkanes of at least 4 members (excludes halogenated alkanes) is 2. The molecule has 0 bridgehead atoms. The molecule has 1 saturated carbocycles. The molecule has 0 spiro atoms. The summed E-state index contributed by atoms with van der Waals surface area (Å²) in [6.07, 6.45) is 10.9. The van der Waals surface area contributed by atoms with Crippen molar-refractivity contribution in [1.29, 1.82) is 0 Å². The minimum atomic E-state index is 0. The van der Waals surface area contributed by atoms with E-state index in [1.807, 2.05) is 0 Å². The Hall–Kier alpha value is 0.695. The van der Waals surface area contributed by atoms with Gasteiger partial charge in [0.15, 0.2) is 0 Å². The fraction of sp³-hybridized carbons (Fsp3) is 0.833. The van der Waals surface area contributed by atoms with E-state index in [0.29, 0.717) is 6.42 Å². The minimum absolute atomic E-state index is 0. The zero-order chi connectivity index (χ0) is 10.2. The standard InChI is InChI=1S/C12H22NO.ClH.Hg/c1-2-3-5-10-12(14)13-11-8-6-4-7-9-11;;/h8,11H,2-7,9-10H2,1H3,(H,13,14);1H;/q;;+1/p-1/t11-;;/m1../s1. The summed E-state index contributed by atoms with van der Waals surface area (Å²) in [4.78, 5) is 4.21. The fourth-order valence-corrected chi connectivity index (χ4v) is 1.82. The summed E-state index contributed by atoms with van der Waals surface area (Å²) in [5, 5.41) is 11.4. The van der Waals surface area contributed by atoms with Gasteiger partial charge in [0.05, 0.1) is 6.04 Å². The molecule has 0 aromatic carbocycles. The third-order valence-corrected chi connectivity index (χ3v) is 2.70. The van der Waals surface area contributed by atoms with Crippen LogP contribution in [-0.4, -0.2) is 11.9 Å². The predicted molar refractivity (Wildman–Crippen MR) is 65.4 cm³/mol. The van der Waals surface area contributed by atoms with Crippen molar-refractivity contribution in [2.75, 3.05) is 0 Å². The summed E-state index contributed by atoms with van der Waals surface area (Å²) in [5.41, 5.74) is 0. The Morgan fingerprint density at radius 3 is 2.69 bits per heavy atom. The van der Waals surface area contributed by atoms with E-state index in [1.54, 1.807) is 0 Å². The van der Waals surface area contributed by atoms with Gasteiger partial charge in [-0.2, -0.15) is 0 Å². The van der Waals surface area contributed by atoms with E-state index in [4.69, 9.17) is 0 Å². The summed E-state index contributed by atoms with van der Waals surface area (Å²) < 4.78 is 0. The third-order valence-electron chi connectivity index (χ3n) is 2.70. The van der Waals surface area contributed by atoms with Crippen LogP contribution in [-0.2, 0) is 27.7 Å². The van der Waals surface area contributed by atoms with Crippen molar-refractivity contribution in [2.45, 2.75) is 64.3 Å². The van der Waals surface area contributed by atoms with Gasteiger partial charge >= 0.3 is 27.7 Å². The molecule has 1 rings (SSSR count). The maximum absolute atomic E-state index is 11.4. The topological polar surface area (TPSA) is 35.4 Å². The van der Waals surface area contributed by atoms with Crippen LogP contribution in [0, 0.1) is 6.42 Å². The first kappa shape index (κ1) is 19.0. The van der Waals surface area contributed by atoms with Gasteiger partial charge in [0.2, 0.25) is 0 Å². The van der Waals surface area contributed by atoms with Crippen LogP contribution in [0.15, 0.2) is 4.99 Å². The van der Waals surface area contributed by atoms with Crippen LogP contribution in [0.5, 0.6) is 0 Å². The van der Waals surface area contributed by atoms with Crippen LogP contribution in [0.1, 0.15) is 58.3 Å². The Labute approximate surface area is 126 Å². The van der Waals surface area contributed by atoms with Gasteiger partial charge in [0.25, 0.3) is 0 Å². The van der Waals surface area contributed by atoms with E-state index in [-0.39, 0.29) is 52.0 Å². The molecule has 0 N–H and O–H groups in total. The van der Waals surface area contributed by atoms with Crippen molar-refractivity contribution >= 4 is 18.3 Å². The minimum Gasteiger partial charge on any atom is -0.862 e. The Morgan fingerprint density at radius 1 is 1.38 bits per heavy atom. The van der Waals surface area contributed by atoms with Crippen LogP contribution in [0.2, 0.25) is 0 Å². The second-order valence-electron chi connectivity index (χ2n) is 4.07. The van der Waals surface area contributed by atoms with Crippen LogP contribution >= 0.6 is 12.4 Å². The number of nitrogens with zero attached hydrogens (tertiary/aromatic N) is 1. The number of hydrogen-bond donors (Lipinski definition) is 0. The summed E-state index contributed by atoms with van der Waals surface area (Å²) in [6.45, 7) is 2.15. The Bertz CT molecular complexity index is 182. The van der Waals surface area contributed by atoms with Gasteiger partial charge in [0.1, 0.15) is 0 Å². The van der Waals surface area contributed by atoms with Crippen molar-refractivity contribution in [3.05, 3.63) is 6.42 Å². The van der Waals surface area contributed by atoms with Crippen molar-refractivity contribution in [1.82, 2.24) is 0 Å². The SMILES string of the molecule is CCCCCC([O-])=N[C@@H]1[CH]CCCC1.Cl.[Hg+]. The van der Waals surface area contributed by atoms with Crippen LogP contribution in [0.4, 0.5) is 0 Å². The van der Waals surface area contributed by atoms with Gasteiger partial charge in [-0.3, -0.25) is 0 Å². The van der Waals surface area contributed by atoms with Crippen molar-refractivity contribution in [3.63, 3.8) is 0 Å². The maximum Gasteiger partial charge on any atom is 1.00 e. The second kappa shape index (κ2) is 12.2. The Kier molecular flexibility index (Phi) is 14.5. The molecule has 1 aliphatic rings. The molecule has 1 aliphatic carbocycles. The predicted octanol–water partition coefficient (Wildman–Crippen LogP) is 2.89. The largest absolute Gasteiger partial charge is 1.00 e. The van der Waals surface area contributed by atoms with E-state index in [0.717, 1.165) is 25.7 Å². The molecule has 90 valence electrons. The molecule has 0 saturated heterocycles. The molecule has 4 heteroatoms. The first-order chi connectivity index (χ1) is 6.83. The molecule has 1 fully saturated rings. The maximum atomic E-state index is 11.4. The molecule has 0 aromatic rings. The average Bonchev–Trinajstić information content (AvgIpc) is 2.20. The molecule has 2 radical (unpaired) electrons. The normalized spacial score (nSPS) is 17.4. The van der Waals surface area contributed by atoms with Crippen molar-refractivity contribution < 1.29 is 32.8 Å². The molecular weight excluding hydrogens is 410 g/mol. The Balaban J connectivity index is 0. The van der Waals surface area contributed by atoms with Crippen molar-refractivity contribution in [2.24, 2.45) is 4.99 Å². The zero-order valence-corrected chi connectivity index (χ0v) is 16.6. The number of hydrogen-bond acceptors (Lipinski definition) is 2. The average molecular weight is 432 g/mol. The molecule has 2 nitrogen and oxygen atoms in total. The van der Waals surface area contributed by atoms with Crippen LogP contribution < -0.4 is 5.11 Å². The molecule has 0 aromatic heterocycles. The van der Waals surface area contributed by atoms with Crippen molar-refractivity contribution in [3.8, 4) is 0 Å². The zero-order valence-electron chi connectivity index (χ0n) is 10.3. The third kappa shape index (κ3) is 8.80. The molecular formula is C12H22ClHgNO. The first-order valence-electron chi connectivity index (χ1n) is 5.90. The fourth-order valence-electron chi connectivity index (χ4n) is 1.82. The van der Waals surface area contributed by atoms with Gasteiger partial charge in [-0.15, -0.1) is 12.4 Å². The molecule has 0 amide bonds. The summed E-state index contributed by atoms with van der Waals surface area (Å²) in [6, 6.07) is 0.234.